The van der Waals surface area contributed by atoms with Gasteiger partial charge >= 0.3 is 0 Å². The van der Waals surface area contributed by atoms with Crippen LogP contribution in [0.5, 0.6) is 0 Å². The van der Waals surface area contributed by atoms with Crippen LogP contribution in [0.3, 0.4) is 0 Å². The topological polar surface area (TPSA) is 17.1 Å². The molecule has 0 aromatic rings. The van der Waals surface area contributed by atoms with E-state index in [-0.39, 0.29) is 3.12 Å². The molecule has 1 nitrogen and oxygen atoms in total. The summed E-state index contributed by atoms with van der Waals surface area (Å²) < 4.78 is 0.128. The third-order valence-electron chi connectivity index (χ3n) is 0.0607. The zero-order chi connectivity index (χ0) is 4.28. The van der Waals surface area contributed by atoms with E-state index in [9.17, 15) is 4.79 Å². The molecule has 0 aliphatic carbocycles. The van der Waals surface area contributed by atoms with E-state index in [1.54, 1.807) is 22.6 Å². The summed E-state index contributed by atoms with van der Waals surface area (Å²) in [7, 11) is 1.20. The molecule has 0 saturated carbocycles. The van der Waals surface area contributed by atoms with Crippen LogP contribution in [0.1, 0.15) is 0 Å². The summed E-state index contributed by atoms with van der Waals surface area (Å²) in [5.74, 6) is 0. The average Bonchev–Trinajstić information content (AvgIpc) is 1.38. The van der Waals surface area contributed by atoms with Crippen molar-refractivity contribution < 1.29 is 4.79 Å². The van der Waals surface area contributed by atoms with Crippen LogP contribution in [0.4, 0.5) is 4.79 Å². The number of halogens is 2. The van der Waals surface area contributed by atoms with Crippen LogP contribution < -0.4 is 0 Å². The second-order valence-electron chi connectivity index (χ2n) is 0.315. The second kappa shape index (κ2) is 3.66. The Morgan fingerprint density at radius 1 is 1.80 bits per heavy atom. The molecule has 0 atom stereocenters. The summed E-state index contributed by atoms with van der Waals surface area (Å²) in [5, 5.41) is 0. The molecule has 0 amide bonds. The lowest BCUT2D eigenvalue weighted by Crippen LogP contribution is -1.52. The highest BCUT2D eigenvalue weighted by Gasteiger charge is 1.83. The molecule has 0 aliphatic heterocycles. The third kappa shape index (κ3) is 5.48. The van der Waals surface area contributed by atoms with Crippen LogP contribution in [-0.4, -0.2) is 3.12 Å². The molecular formula is CI2OS. The molecule has 0 saturated heterocycles. The van der Waals surface area contributed by atoms with Crippen molar-refractivity contribution in [2.45, 2.75) is 0 Å². The number of carbonyl (C=O) groups excluding carboxylic acids is 1. The summed E-state index contributed by atoms with van der Waals surface area (Å²) in [6.45, 7) is 0. The lowest BCUT2D eigenvalue weighted by atomic mass is 11.8. The molecule has 5 heavy (non-hydrogen) atoms. The average molecular weight is 314 g/mol. The summed E-state index contributed by atoms with van der Waals surface area (Å²) in [4.78, 5) is 9.75. The van der Waals surface area contributed by atoms with E-state index in [4.69, 9.17) is 0 Å². The summed E-state index contributed by atoms with van der Waals surface area (Å²) in [6, 6.07) is 0. The van der Waals surface area contributed by atoms with Gasteiger partial charge in [0.1, 0.15) is 0 Å². The fraction of sp³-hybridized carbons (Fsp3) is 0. The first-order chi connectivity index (χ1) is 2.27. The molecule has 0 bridgehead atoms. The lowest BCUT2D eigenvalue weighted by Gasteiger charge is -1.65. The van der Waals surface area contributed by atoms with Crippen molar-refractivity contribution in [3.8, 4) is 0 Å². The Morgan fingerprint density at radius 3 is 2.00 bits per heavy atom. The monoisotopic (exact) mass is 314 g/mol. The summed E-state index contributed by atoms with van der Waals surface area (Å²) >= 11 is 3.66. The van der Waals surface area contributed by atoms with Gasteiger partial charge in [0, 0.05) is 43.8 Å². The number of carbonyl (C=O) groups is 1. The molecule has 30 valence electrons. The van der Waals surface area contributed by atoms with Crippen molar-refractivity contribution in [1.82, 2.24) is 0 Å². The van der Waals surface area contributed by atoms with Crippen molar-refractivity contribution in [1.29, 1.82) is 0 Å². The zero-order valence-electron chi connectivity index (χ0n) is 2.07. The predicted octanol–water partition coefficient (Wildman–Crippen LogP) is 2.62. The fourth-order valence-corrected chi connectivity index (χ4v) is 0. The van der Waals surface area contributed by atoms with E-state index >= 15 is 0 Å². The van der Waals surface area contributed by atoms with Crippen molar-refractivity contribution in [3.05, 3.63) is 0 Å². The largest absolute Gasteiger partial charge is 0.274 e. The van der Waals surface area contributed by atoms with E-state index in [1.807, 2.05) is 21.2 Å². The minimum atomic E-state index is 0.128. The van der Waals surface area contributed by atoms with Gasteiger partial charge in [0.25, 0.3) is 3.12 Å². The fourth-order valence-electron chi connectivity index (χ4n) is 0. The van der Waals surface area contributed by atoms with Crippen LogP contribution in [-0.2, 0) is 0 Å². The number of hydrogen-bond acceptors (Lipinski definition) is 2. The maximum atomic E-state index is 9.75. The Kier molecular flexibility index (Phi) is 4.75. The highest BCUT2D eigenvalue weighted by molar-refractivity contribution is 14.2. The van der Waals surface area contributed by atoms with E-state index in [0.29, 0.717) is 0 Å². The molecule has 0 heterocycles. The molecule has 0 aromatic heterocycles. The van der Waals surface area contributed by atoms with E-state index < -0.39 is 0 Å². The molecule has 4 heteroatoms. The molecule has 0 rings (SSSR count). The van der Waals surface area contributed by atoms with Crippen LogP contribution in [0.15, 0.2) is 0 Å². The number of hydrogen-bond donors (Lipinski definition) is 0. The van der Waals surface area contributed by atoms with Gasteiger partial charge in [-0.05, 0) is 8.93 Å². The maximum Gasteiger partial charge on any atom is 0.258 e. The first-order valence-electron chi connectivity index (χ1n) is 0.752. The molecule has 0 radical (unpaired) electrons. The standard InChI is InChI=1S/CI2OS/c2-1(4)5-3. The Balaban J connectivity index is 2.85. The highest BCUT2D eigenvalue weighted by atomic mass is 127. The van der Waals surface area contributed by atoms with E-state index in [0.717, 1.165) is 0 Å². The molecule has 0 N–H and O–H groups in total. The first kappa shape index (κ1) is 6.48. The number of rotatable bonds is 0. The quantitative estimate of drug-likeness (QED) is 0.505. The van der Waals surface area contributed by atoms with Gasteiger partial charge in [0.2, 0.25) is 0 Å². The van der Waals surface area contributed by atoms with E-state index in [2.05, 4.69) is 0 Å². The van der Waals surface area contributed by atoms with Crippen molar-refractivity contribution in [2.24, 2.45) is 0 Å². The second-order valence-corrected chi connectivity index (χ2v) is 3.87. The van der Waals surface area contributed by atoms with Gasteiger partial charge in [-0.1, -0.05) is 0 Å². The van der Waals surface area contributed by atoms with Crippen molar-refractivity contribution >= 4 is 55.9 Å². The SMILES string of the molecule is O=C(I)SI. The Labute approximate surface area is 60.0 Å². The maximum absolute atomic E-state index is 9.75. The summed E-state index contributed by atoms with van der Waals surface area (Å²) in [5.41, 5.74) is 0. The normalized spacial score (nSPS) is 7.60. The Bertz CT molecular complexity index is 44.9. The molecule has 0 aromatic carbocycles. The molecule has 0 spiro atoms. The Morgan fingerprint density at radius 2 is 2.00 bits per heavy atom. The smallest absolute Gasteiger partial charge is 0.258 e. The third-order valence-corrected chi connectivity index (χ3v) is 4.57. The van der Waals surface area contributed by atoms with E-state index in [1.165, 1.54) is 8.93 Å². The molecule has 0 unspecified atom stereocenters. The van der Waals surface area contributed by atoms with Gasteiger partial charge in [-0.2, -0.15) is 0 Å². The van der Waals surface area contributed by atoms with Crippen molar-refractivity contribution in [3.63, 3.8) is 0 Å². The summed E-state index contributed by atoms with van der Waals surface area (Å²) in [6.07, 6.45) is 0. The molecular weight excluding hydrogens is 314 g/mol. The van der Waals surface area contributed by atoms with Gasteiger partial charge in [-0.15, -0.1) is 0 Å². The molecule has 0 fully saturated rings. The van der Waals surface area contributed by atoms with Crippen LogP contribution in [0, 0.1) is 0 Å². The Hall–Kier alpha value is 1.48. The molecule has 0 aliphatic rings. The van der Waals surface area contributed by atoms with Gasteiger partial charge in [0.15, 0.2) is 0 Å². The van der Waals surface area contributed by atoms with Crippen LogP contribution in [0.25, 0.3) is 0 Å². The van der Waals surface area contributed by atoms with Gasteiger partial charge < -0.3 is 0 Å². The zero-order valence-corrected chi connectivity index (χ0v) is 7.20. The van der Waals surface area contributed by atoms with Crippen molar-refractivity contribution in [2.75, 3.05) is 0 Å². The lowest BCUT2D eigenvalue weighted by molar-refractivity contribution is 0.278. The highest BCUT2D eigenvalue weighted by Crippen LogP contribution is 2.17. The van der Waals surface area contributed by atoms with Crippen LogP contribution >= 0.6 is 52.7 Å². The minimum absolute atomic E-state index is 0.128. The van der Waals surface area contributed by atoms with Crippen LogP contribution in [0.2, 0.25) is 0 Å². The van der Waals surface area contributed by atoms with Gasteiger partial charge in [-0.25, -0.2) is 0 Å². The minimum Gasteiger partial charge on any atom is -0.274 e. The first-order valence-corrected chi connectivity index (χ1v) is 5.19. The van der Waals surface area contributed by atoms with Gasteiger partial charge in [0.05, 0.1) is 0 Å². The predicted molar refractivity (Wildman–Crippen MR) is 41.0 cm³/mol. The van der Waals surface area contributed by atoms with Gasteiger partial charge in [-0.3, -0.25) is 4.79 Å².